The van der Waals surface area contributed by atoms with E-state index < -0.39 is 10.0 Å². The number of aryl methyl sites for hydroxylation is 1. The van der Waals surface area contributed by atoms with Crippen LogP contribution in [0.15, 0.2) is 42.5 Å². The Morgan fingerprint density at radius 2 is 1.74 bits per heavy atom. The molecule has 170 valence electrons. The van der Waals surface area contributed by atoms with Crippen LogP contribution in [0.25, 0.3) is 0 Å². The summed E-state index contributed by atoms with van der Waals surface area (Å²) >= 11 is 0. The van der Waals surface area contributed by atoms with Crippen LogP contribution in [0.4, 0.5) is 5.69 Å². The van der Waals surface area contributed by atoms with Crippen LogP contribution in [0.1, 0.15) is 66.6 Å². The lowest BCUT2D eigenvalue weighted by molar-refractivity contribution is 0.0946. The number of carbonyl (C=O) groups is 1. The Morgan fingerprint density at radius 3 is 2.32 bits per heavy atom. The van der Waals surface area contributed by atoms with Crippen molar-refractivity contribution in [1.29, 1.82) is 0 Å². The van der Waals surface area contributed by atoms with Gasteiger partial charge in [-0.25, -0.2) is 8.42 Å². The van der Waals surface area contributed by atoms with Gasteiger partial charge in [-0.05, 0) is 61.1 Å². The maximum atomic E-state index is 12.5. The largest absolute Gasteiger partial charge is 0.352 e. The molecule has 0 saturated carbocycles. The van der Waals surface area contributed by atoms with E-state index in [1.807, 2.05) is 44.2 Å². The molecule has 6 heteroatoms. The maximum absolute atomic E-state index is 12.5. The molecular formula is C25H36N2O3S. The summed E-state index contributed by atoms with van der Waals surface area (Å²) in [7, 11) is -3.46. The van der Waals surface area contributed by atoms with Crippen molar-refractivity contribution >= 4 is 21.6 Å². The second-order valence-corrected chi connectivity index (χ2v) is 10.2. The maximum Gasteiger partial charge on any atom is 0.251 e. The number of amides is 1. The normalized spacial score (nSPS) is 12.4. The van der Waals surface area contributed by atoms with Crippen LogP contribution in [0.2, 0.25) is 0 Å². The van der Waals surface area contributed by atoms with E-state index >= 15 is 0 Å². The van der Waals surface area contributed by atoms with Gasteiger partial charge >= 0.3 is 0 Å². The summed E-state index contributed by atoms with van der Waals surface area (Å²) in [5.74, 6) is 0.417. The zero-order valence-electron chi connectivity index (χ0n) is 19.4. The summed E-state index contributed by atoms with van der Waals surface area (Å²) < 4.78 is 26.4. The molecule has 2 rings (SSSR count). The number of nitrogens with zero attached hydrogens (tertiary/aromatic N) is 1. The van der Waals surface area contributed by atoms with Crippen LogP contribution in [0, 0.1) is 19.8 Å². The fourth-order valence-corrected chi connectivity index (χ4v) is 4.54. The number of rotatable bonds is 11. The number of nitrogens with one attached hydrogen (secondary N) is 1. The SMILES string of the molecule is CCCC[C@@H](CC)CNC(=O)c1ccc(CN(c2cccc(C)c2C)S(C)(=O)=O)cc1. The van der Waals surface area contributed by atoms with Crippen molar-refractivity contribution < 1.29 is 13.2 Å². The third-order valence-electron chi connectivity index (χ3n) is 5.88. The Morgan fingerprint density at radius 1 is 1.06 bits per heavy atom. The van der Waals surface area contributed by atoms with Gasteiger partial charge in [0.05, 0.1) is 18.5 Å². The summed E-state index contributed by atoms with van der Waals surface area (Å²) in [5.41, 5.74) is 4.09. The molecule has 31 heavy (non-hydrogen) atoms. The number of sulfonamides is 1. The molecule has 5 nitrogen and oxygen atoms in total. The summed E-state index contributed by atoms with van der Waals surface area (Å²) in [5, 5.41) is 3.04. The average molecular weight is 445 g/mol. The second-order valence-electron chi connectivity index (χ2n) is 8.31. The molecule has 0 heterocycles. The zero-order chi connectivity index (χ0) is 23.0. The van der Waals surface area contributed by atoms with Crippen LogP contribution in [-0.2, 0) is 16.6 Å². The smallest absolute Gasteiger partial charge is 0.251 e. The average Bonchev–Trinajstić information content (AvgIpc) is 2.74. The highest BCUT2D eigenvalue weighted by Gasteiger charge is 2.20. The first-order valence-corrected chi connectivity index (χ1v) is 12.9. The van der Waals surface area contributed by atoms with Crippen LogP contribution in [0.3, 0.4) is 0 Å². The first-order valence-electron chi connectivity index (χ1n) is 11.1. The van der Waals surface area contributed by atoms with E-state index in [0.717, 1.165) is 29.5 Å². The Labute approximate surface area is 187 Å². The van der Waals surface area contributed by atoms with Crippen molar-refractivity contribution in [3.63, 3.8) is 0 Å². The molecule has 1 atom stereocenters. The summed E-state index contributed by atoms with van der Waals surface area (Å²) in [6, 6.07) is 12.8. The molecule has 0 aliphatic rings. The Hall–Kier alpha value is -2.34. The van der Waals surface area contributed by atoms with Gasteiger partial charge in [0.1, 0.15) is 0 Å². The van der Waals surface area contributed by atoms with Crippen molar-refractivity contribution in [3.05, 3.63) is 64.7 Å². The van der Waals surface area contributed by atoms with E-state index in [4.69, 9.17) is 0 Å². The highest BCUT2D eigenvalue weighted by molar-refractivity contribution is 7.92. The third-order valence-corrected chi connectivity index (χ3v) is 7.01. The molecule has 0 fully saturated rings. The van der Waals surface area contributed by atoms with Gasteiger partial charge in [-0.15, -0.1) is 0 Å². The fourth-order valence-electron chi connectivity index (χ4n) is 3.60. The van der Waals surface area contributed by atoms with E-state index in [1.165, 1.54) is 23.4 Å². The Bertz CT molecular complexity index is 969. The second kappa shape index (κ2) is 11.3. The minimum atomic E-state index is -3.46. The molecule has 2 aromatic carbocycles. The number of carbonyl (C=O) groups excluding carboxylic acids is 1. The van der Waals surface area contributed by atoms with Gasteiger partial charge < -0.3 is 5.32 Å². The quantitative estimate of drug-likeness (QED) is 0.517. The van der Waals surface area contributed by atoms with Gasteiger partial charge in [-0.1, -0.05) is 57.4 Å². The molecule has 0 radical (unpaired) electrons. The topological polar surface area (TPSA) is 66.5 Å². The first kappa shape index (κ1) is 24.9. The Balaban J connectivity index is 2.11. The molecule has 0 saturated heterocycles. The monoisotopic (exact) mass is 444 g/mol. The molecule has 1 N–H and O–H groups in total. The lowest BCUT2D eigenvalue weighted by atomic mass is 9.99. The molecule has 0 aromatic heterocycles. The summed E-state index contributed by atoms with van der Waals surface area (Å²) in [6.45, 7) is 9.15. The van der Waals surface area contributed by atoms with E-state index in [0.29, 0.717) is 23.7 Å². The van der Waals surface area contributed by atoms with Gasteiger partial charge in [-0.2, -0.15) is 0 Å². The van der Waals surface area contributed by atoms with Crippen LogP contribution in [0.5, 0.6) is 0 Å². The molecule has 2 aromatic rings. The molecule has 0 aliphatic heterocycles. The van der Waals surface area contributed by atoms with Gasteiger partial charge in [0.15, 0.2) is 0 Å². The molecule has 0 aliphatic carbocycles. The van der Waals surface area contributed by atoms with E-state index in [-0.39, 0.29) is 12.5 Å². The Kier molecular flexibility index (Phi) is 9.11. The van der Waals surface area contributed by atoms with Crippen LogP contribution in [-0.4, -0.2) is 27.1 Å². The highest BCUT2D eigenvalue weighted by atomic mass is 32.2. The first-order chi connectivity index (χ1) is 14.7. The van der Waals surface area contributed by atoms with Crippen molar-refractivity contribution in [2.24, 2.45) is 5.92 Å². The fraction of sp³-hybridized carbons (Fsp3) is 0.480. The molecule has 0 spiro atoms. The van der Waals surface area contributed by atoms with Crippen molar-refractivity contribution in [2.75, 3.05) is 17.1 Å². The minimum Gasteiger partial charge on any atom is -0.352 e. The lowest BCUT2D eigenvalue weighted by Gasteiger charge is -2.25. The third kappa shape index (κ3) is 7.10. The molecular weight excluding hydrogens is 408 g/mol. The van der Waals surface area contributed by atoms with E-state index in [2.05, 4.69) is 19.2 Å². The standard InChI is InChI=1S/C25H36N2O3S/c1-6-8-11-21(7-2)17-26-25(28)23-15-13-22(14-16-23)18-27(31(5,29)30)24-12-9-10-19(3)20(24)4/h9-10,12-16,21H,6-8,11,17-18H2,1-5H3,(H,26,28)/t21-/m1/s1. The van der Waals surface area contributed by atoms with E-state index in [1.54, 1.807) is 12.1 Å². The van der Waals surface area contributed by atoms with Crippen molar-refractivity contribution in [3.8, 4) is 0 Å². The van der Waals surface area contributed by atoms with Crippen LogP contribution < -0.4 is 9.62 Å². The summed E-state index contributed by atoms with van der Waals surface area (Å²) in [4.78, 5) is 12.5. The van der Waals surface area contributed by atoms with Gasteiger partial charge in [0.25, 0.3) is 5.91 Å². The lowest BCUT2D eigenvalue weighted by Crippen LogP contribution is -2.30. The predicted octanol–water partition coefficient (Wildman–Crippen LogP) is 5.22. The number of hydrogen-bond acceptors (Lipinski definition) is 3. The van der Waals surface area contributed by atoms with Gasteiger partial charge in [0, 0.05) is 12.1 Å². The molecule has 1 amide bonds. The number of hydrogen-bond donors (Lipinski definition) is 1. The minimum absolute atomic E-state index is 0.0870. The molecule has 0 bridgehead atoms. The van der Waals surface area contributed by atoms with Crippen molar-refractivity contribution in [2.45, 2.75) is 59.9 Å². The van der Waals surface area contributed by atoms with E-state index in [9.17, 15) is 13.2 Å². The number of unbranched alkanes of at least 4 members (excludes halogenated alkanes) is 1. The van der Waals surface area contributed by atoms with Crippen LogP contribution >= 0.6 is 0 Å². The summed E-state index contributed by atoms with van der Waals surface area (Å²) in [6.07, 6.45) is 5.75. The zero-order valence-corrected chi connectivity index (χ0v) is 20.3. The van der Waals surface area contributed by atoms with Gasteiger partial charge in [-0.3, -0.25) is 9.10 Å². The molecule has 0 unspecified atom stereocenters. The number of benzene rings is 2. The van der Waals surface area contributed by atoms with Crippen molar-refractivity contribution in [1.82, 2.24) is 5.32 Å². The van der Waals surface area contributed by atoms with Gasteiger partial charge in [0.2, 0.25) is 10.0 Å². The number of anilines is 1. The predicted molar refractivity (Wildman–Crippen MR) is 129 cm³/mol. The highest BCUT2D eigenvalue weighted by Crippen LogP contribution is 2.26.